The van der Waals surface area contributed by atoms with E-state index in [2.05, 4.69) is 11.4 Å². The Kier molecular flexibility index (Phi) is 8.21. The van der Waals surface area contributed by atoms with Crippen LogP contribution in [0.2, 0.25) is 5.02 Å². The monoisotopic (exact) mass is 507 g/mol. The molecule has 1 fully saturated rings. The molecule has 1 N–H and O–H groups in total. The molecule has 1 saturated heterocycles. The second kappa shape index (κ2) is 11.5. The van der Waals surface area contributed by atoms with Crippen molar-refractivity contribution < 1.29 is 19.2 Å². The number of imide groups is 1. The minimum Gasteiger partial charge on any atom is -0.329 e. The molecule has 1 unspecified atom stereocenters. The fraction of sp³-hybridized carbons (Fsp3) is 0.357. The highest BCUT2D eigenvalue weighted by atomic mass is 35.5. The first-order valence-electron chi connectivity index (χ1n) is 12.3. The quantitative estimate of drug-likeness (QED) is 0.407. The summed E-state index contributed by atoms with van der Waals surface area (Å²) < 4.78 is 0. The van der Waals surface area contributed by atoms with Gasteiger partial charge in [0.1, 0.15) is 6.04 Å². The highest BCUT2D eigenvalue weighted by Crippen LogP contribution is 2.29. The maximum absolute atomic E-state index is 13.5. The van der Waals surface area contributed by atoms with Crippen molar-refractivity contribution in [2.75, 3.05) is 16.8 Å². The third-order valence-corrected chi connectivity index (χ3v) is 6.84. The Morgan fingerprint density at radius 1 is 1.06 bits per heavy atom. The van der Waals surface area contributed by atoms with Crippen molar-refractivity contribution >= 4 is 46.6 Å². The van der Waals surface area contributed by atoms with E-state index < -0.39 is 11.9 Å². The number of hydrogen-bond acceptors (Lipinski definition) is 4. The molecule has 8 heteroatoms. The number of halogens is 1. The van der Waals surface area contributed by atoms with Crippen molar-refractivity contribution in [3.8, 4) is 0 Å². The molecule has 1 heterocycles. The number of carbonyl (C=O) groups excluding carboxylic acids is 4. The number of benzene rings is 2. The van der Waals surface area contributed by atoms with Gasteiger partial charge < -0.3 is 10.2 Å². The van der Waals surface area contributed by atoms with Gasteiger partial charge in [-0.05, 0) is 74.1 Å². The van der Waals surface area contributed by atoms with E-state index in [1.165, 1.54) is 18.9 Å². The van der Waals surface area contributed by atoms with Crippen LogP contribution in [0, 0.1) is 0 Å². The second-order valence-corrected chi connectivity index (χ2v) is 9.70. The van der Waals surface area contributed by atoms with E-state index in [0.717, 1.165) is 29.7 Å². The topological polar surface area (TPSA) is 86.8 Å². The maximum Gasteiger partial charge on any atom is 0.257 e. The molecule has 2 aliphatic rings. The lowest BCUT2D eigenvalue weighted by molar-refractivity contribution is -0.137. The van der Waals surface area contributed by atoms with E-state index in [1.807, 2.05) is 0 Å². The van der Waals surface area contributed by atoms with Crippen molar-refractivity contribution in [3.63, 3.8) is 0 Å². The lowest BCUT2D eigenvalue weighted by atomic mass is 9.96. The first-order chi connectivity index (χ1) is 17.3. The average Bonchev–Trinajstić information content (AvgIpc) is 3.15. The average molecular weight is 508 g/mol. The largest absolute Gasteiger partial charge is 0.329 e. The van der Waals surface area contributed by atoms with E-state index in [-0.39, 0.29) is 30.6 Å². The van der Waals surface area contributed by atoms with Crippen LogP contribution in [0.3, 0.4) is 0 Å². The molecule has 2 aromatic rings. The molecule has 0 saturated carbocycles. The Morgan fingerprint density at radius 3 is 2.42 bits per heavy atom. The van der Waals surface area contributed by atoms with Gasteiger partial charge in [0.05, 0.1) is 18.5 Å². The third-order valence-electron chi connectivity index (χ3n) is 6.59. The van der Waals surface area contributed by atoms with Crippen LogP contribution in [-0.2, 0) is 25.6 Å². The van der Waals surface area contributed by atoms with Crippen molar-refractivity contribution in [3.05, 3.63) is 70.8 Å². The summed E-state index contributed by atoms with van der Waals surface area (Å²) in [6.07, 6.45) is 7.34. The van der Waals surface area contributed by atoms with Crippen molar-refractivity contribution in [1.82, 2.24) is 4.90 Å². The van der Waals surface area contributed by atoms with Crippen molar-refractivity contribution in [1.29, 1.82) is 0 Å². The second-order valence-electron chi connectivity index (χ2n) is 9.26. The summed E-state index contributed by atoms with van der Waals surface area (Å²) in [6.45, 7) is 1.79. The Hall–Kier alpha value is -3.45. The molecule has 7 nitrogen and oxygen atoms in total. The summed E-state index contributed by atoms with van der Waals surface area (Å²) >= 11 is 5.98. The zero-order chi connectivity index (χ0) is 25.7. The van der Waals surface area contributed by atoms with Crippen LogP contribution in [0.15, 0.2) is 60.2 Å². The van der Waals surface area contributed by atoms with Gasteiger partial charge in [0.2, 0.25) is 17.7 Å². The zero-order valence-corrected chi connectivity index (χ0v) is 21.1. The van der Waals surface area contributed by atoms with E-state index >= 15 is 0 Å². The maximum atomic E-state index is 13.5. The summed E-state index contributed by atoms with van der Waals surface area (Å²) in [7, 11) is 0. The molecule has 1 aliphatic heterocycles. The molecule has 1 aliphatic carbocycles. The van der Waals surface area contributed by atoms with Crippen LogP contribution in [0.4, 0.5) is 11.4 Å². The Labute approximate surface area is 216 Å². The van der Waals surface area contributed by atoms with Gasteiger partial charge in [0, 0.05) is 24.2 Å². The number of nitrogens with zero attached hydrogens (tertiary/aromatic N) is 2. The van der Waals surface area contributed by atoms with Gasteiger partial charge in [0.15, 0.2) is 0 Å². The first kappa shape index (κ1) is 25.6. The molecular weight excluding hydrogens is 478 g/mol. The summed E-state index contributed by atoms with van der Waals surface area (Å²) in [5, 5.41) is 3.25. The lowest BCUT2D eigenvalue weighted by Crippen LogP contribution is -2.46. The fourth-order valence-corrected chi connectivity index (χ4v) is 4.88. The molecule has 0 radical (unpaired) electrons. The molecule has 4 rings (SSSR count). The third kappa shape index (κ3) is 6.21. The number of rotatable bonds is 8. The smallest absolute Gasteiger partial charge is 0.257 e. The molecule has 188 valence electrons. The fourth-order valence-electron chi connectivity index (χ4n) is 4.76. The predicted molar refractivity (Wildman–Crippen MR) is 140 cm³/mol. The molecule has 0 aromatic heterocycles. The van der Waals surface area contributed by atoms with Gasteiger partial charge in [0.25, 0.3) is 5.91 Å². The minimum atomic E-state index is -0.850. The standard InChI is InChI=1S/C28H30ClN3O4/c1-19(33)30-23-11-13-24(14-12-23)32-27(35)18-25(28(32)36)31(16-15-20-5-3-2-4-6-20)26(34)17-21-7-9-22(29)10-8-21/h5,7-14,25H,2-4,6,15-18H2,1H3,(H,30,33). The lowest BCUT2D eigenvalue weighted by Gasteiger charge is -2.29. The van der Waals surface area contributed by atoms with Crippen LogP contribution in [-0.4, -0.2) is 41.1 Å². The number of nitrogens with one attached hydrogen (secondary N) is 1. The summed E-state index contributed by atoms with van der Waals surface area (Å²) in [4.78, 5) is 53.9. The van der Waals surface area contributed by atoms with E-state index in [9.17, 15) is 19.2 Å². The number of hydrogen-bond donors (Lipinski definition) is 1. The van der Waals surface area contributed by atoms with Crippen LogP contribution >= 0.6 is 11.6 Å². The molecular formula is C28H30ClN3O4. The highest BCUT2D eigenvalue weighted by Gasteiger charge is 2.44. The number of amides is 4. The van der Waals surface area contributed by atoms with Gasteiger partial charge >= 0.3 is 0 Å². The number of anilines is 2. The molecule has 2 aromatic carbocycles. The van der Waals surface area contributed by atoms with Crippen LogP contribution in [0.25, 0.3) is 0 Å². The summed E-state index contributed by atoms with van der Waals surface area (Å²) in [6, 6.07) is 12.7. The highest BCUT2D eigenvalue weighted by molar-refractivity contribution is 6.30. The van der Waals surface area contributed by atoms with Crippen molar-refractivity contribution in [2.45, 2.75) is 57.9 Å². The number of allylic oxidation sites excluding steroid dienone is 1. The predicted octanol–water partition coefficient (Wildman–Crippen LogP) is 4.89. The zero-order valence-electron chi connectivity index (χ0n) is 20.3. The number of carbonyl (C=O) groups is 4. The van der Waals surface area contributed by atoms with Crippen LogP contribution in [0.5, 0.6) is 0 Å². The molecule has 1 atom stereocenters. The van der Waals surface area contributed by atoms with Crippen molar-refractivity contribution in [2.24, 2.45) is 0 Å². The van der Waals surface area contributed by atoms with E-state index in [1.54, 1.807) is 53.4 Å². The van der Waals surface area contributed by atoms with Gasteiger partial charge in [-0.3, -0.25) is 19.2 Å². The Morgan fingerprint density at radius 2 is 1.78 bits per heavy atom. The molecule has 0 bridgehead atoms. The SMILES string of the molecule is CC(=O)Nc1ccc(N2C(=O)CC(N(CCC3=CCCCC3)C(=O)Cc3ccc(Cl)cc3)C2=O)cc1. The Bertz CT molecular complexity index is 1170. The minimum absolute atomic E-state index is 0.0579. The first-order valence-corrected chi connectivity index (χ1v) is 12.7. The van der Waals surface area contributed by atoms with Gasteiger partial charge in [-0.25, -0.2) is 4.90 Å². The molecule has 4 amide bonds. The van der Waals surface area contributed by atoms with Gasteiger partial charge in [-0.2, -0.15) is 0 Å². The van der Waals surface area contributed by atoms with E-state index in [0.29, 0.717) is 29.4 Å². The van der Waals surface area contributed by atoms with Crippen LogP contribution in [0.1, 0.15) is 51.0 Å². The van der Waals surface area contributed by atoms with Gasteiger partial charge in [-0.1, -0.05) is 35.4 Å². The summed E-state index contributed by atoms with van der Waals surface area (Å²) in [5.74, 6) is -1.16. The Balaban J connectivity index is 1.54. The van der Waals surface area contributed by atoms with Crippen LogP contribution < -0.4 is 10.2 Å². The summed E-state index contributed by atoms with van der Waals surface area (Å²) in [5.41, 5.74) is 3.09. The van der Waals surface area contributed by atoms with E-state index in [4.69, 9.17) is 11.6 Å². The molecule has 0 spiro atoms. The normalized spacial score (nSPS) is 17.7. The van der Waals surface area contributed by atoms with Gasteiger partial charge in [-0.15, -0.1) is 0 Å². The molecule has 36 heavy (non-hydrogen) atoms.